The van der Waals surface area contributed by atoms with Crippen LogP contribution in [0.4, 0.5) is 11.9 Å². The van der Waals surface area contributed by atoms with Gasteiger partial charge in [-0.1, -0.05) is 0 Å². The zero-order valence-corrected chi connectivity index (χ0v) is 9.93. The van der Waals surface area contributed by atoms with Crippen LogP contribution in [-0.4, -0.2) is 55.2 Å². The van der Waals surface area contributed by atoms with Crippen molar-refractivity contribution < 1.29 is 9.47 Å². The topological polar surface area (TPSA) is 89.3 Å². The number of anilines is 2. The Morgan fingerprint density at radius 2 is 2.19 bits per heavy atom. The Labute approximate surface area is 94.9 Å². The number of nitrogen functional groups attached to an aromatic ring is 1. The monoisotopic (exact) mass is 229 g/mol. The summed E-state index contributed by atoms with van der Waals surface area (Å²) in [6, 6.07) is 0.162. The van der Waals surface area contributed by atoms with Crippen molar-refractivity contribution in [3.05, 3.63) is 0 Å². The molecule has 0 radical (unpaired) electrons. The zero-order valence-electron chi connectivity index (χ0n) is 9.93. The SMILES string of the molecule is COCCN(c1n[nH]c(N)n1)C(C)COC. The molecule has 1 heterocycles. The van der Waals surface area contributed by atoms with E-state index < -0.39 is 0 Å². The summed E-state index contributed by atoms with van der Waals surface area (Å²) < 4.78 is 10.2. The fraction of sp³-hybridized carbons (Fsp3) is 0.778. The molecule has 0 spiro atoms. The summed E-state index contributed by atoms with van der Waals surface area (Å²) in [4.78, 5) is 6.08. The van der Waals surface area contributed by atoms with E-state index in [-0.39, 0.29) is 6.04 Å². The van der Waals surface area contributed by atoms with Gasteiger partial charge in [0.15, 0.2) is 0 Å². The van der Waals surface area contributed by atoms with Crippen molar-refractivity contribution in [2.24, 2.45) is 0 Å². The van der Waals surface area contributed by atoms with Crippen LogP contribution in [0.2, 0.25) is 0 Å². The summed E-state index contributed by atoms with van der Waals surface area (Å²) in [5, 5.41) is 6.64. The quantitative estimate of drug-likeness (QED) is 0.677. The first-order valence-electron chi connectivity index (χ1n) is 5.11. The zero-order chi connectivity index (χ0) is 12.0. The molecule has 0 amide bonds. The van der Waals surface area contributed by atoms with Crippen LogP contribution in [0.15, 0.2) is 0 Å². The number of aromatic amines is 1. The van der Waals surface area contributed by atoms with E-state index in [4.69, 9.17) is 15.2 Å². The molecule has 1 atom stereocenters. The molecular weight excluding hydrogens is 210 g/mol. The van der Waals surface area contributed by atoms with Crippen LogP contribution in [0.3, 0.4) is 0 Å². The van der Waals surface area contributed by atoms with E-state index >= 15 is 0 Å². The molecular formula is C9H19N5O2. The Hall–Kier alpha value is -1.34. The molecule has 92 valence electrons. The van der Waals surface area contributed by atoms with Crippen LogP contribution >= 0.6 is 0 Å². The molecule has 16 heavy (non-hydrogen) atoms. The number of hydrogen-bond acceptors (Lipinski definition) is 6. The Balaban J connectivity index is 2.69. The van der Waals surface area contributed by atoms with Crippen molar-refractivity contribution in [1.29, 1.82) is 0 Å². The molecule has 0 aliphatic rings. The van der Waals surface area contributed by atoms with Gasteiger partial charge in [-0.05, 0) is 6.92 Å². The van der Waals surface area contributed by atoms with Crippen molar-refractivity contribution >= 4 is 11.9 Å². The van der Waals surface area contributed by atoms with E-state index in [2.05, 4.69) is 15.2 Å². The number of methoxy groups -OCH3 is 2. The predicted octanol–water partition coefficient (Wildman–Crippen LogP) is -0.125. The van der Waals surface area contributed by atoms with Crippen molar-refractivity contribution in [2.75, 3.05) is 44.6 Å². The predicted molar refractivity (Wildman–Crippen MR) is 61.4 cm³/mol. The number of nitrogens with two attached hydrogens (primary N) is 1. The minimum atomic E-state index is 0.162. The van der Waals surface area contributed by atoms with E-state index in [1.165, 1.54) is 0 Å². The second kappa shape index (κ2) is 6.29. The van der Waals surface area contributed by atoms with Gasteiger partial charge in [0.05, 0.1) is 19.3 Å². The first-order valence-corrected chi connectivity index (χ1v) is 5.11. The fourth-order valence-corrected chi connectivity index (χ4v) is 1.43. The minimum absolute atomic E-state index is 0.162. The molecule has 1 aromatic heterocycles. The maximum Gasteiger partial charge on any atom is 0.246 e. The number of H-pyrrole nitrogens is 1. The van der Waals surface area contributed by atoms with Gasteiger partial charge in [-0.15, -0.1) is 5.10 Å². The van der Waals surface area contributed by atoms with Crippen LogP contribution in [0.5, 0.6) is 0 Å². The van der Waals surface area contributed by atoms with Gasteiger partial charge in [0.2, 0.25) is 11.9 Å². The third kappa shape index (κ3) is 3.35. The summed E-state index contributed by atoms with van der Waals surface area (Å²) in [7, 11) is 3.32. The first-order chi connectivity index (χ1) is 7.69. The van der Waals surface area contributed by atoms with Gasteiger partial charge in [0.25, 0.3) is 0 Å². The average molecular weight is 229 g/mol. The molecule has 0 aliphatic carbocycles. The van der Waals surface area contributed by atoms with Crippen LogP contribution in [-0.2, 0) is 9.47 Å². The first kappa shape index (κ1) is 12.7. The lowest BCUT2D eigenvalue weighted by Crippen LogP contribution is -2.39. The van der Waals surface area contributed by atoms with E-state index in [0.717, 1.165) is 0 Å². The molecule has 0 aliphatic heterocycles. The van der Waals surface area contributed by atoms with Crippen molar-refractivity contribution in [3.63, 3.8) is 0 Å². The molecule has 1 aromatic rings. The number of nitrogens with one attached hydrogen (secondary N) is 1. The lowest BCUT2D eigenvalue weighted by molar-refractivity contribution is 0.170. The van der Waals surface area contributed by atoms with Crippen molar-refractivity contribution in [1.82, 2.24) is 15.2 Å². The molecule has 0 fully saturated rings. The highest BCUT2D eigenvalue weighted by atomic mass is 16.5. The summed E-state index contributed by atoms with van der Waals surface area (Å²) in [6.07, 6.45) is 0. The second-order valence-corrected chi connectivity index (χ2v) is 3.51. The molecule has 0 saturated heterocycles. The summed E-state index contributed by atoms with van der Waals surface area (Å²) >= 11 is 0. The highest BCUT2D eigenvalue weighted by Gasteiger charge is 2.17. The van der Waals surface area contributed by atoms with Crippen molar-refractivity contribution in [3.8, 4) is 0 Å². The van der Waals surface area contributed by atoms with Crippen LogP contribution in [0.25, 0.3) is 0 Å². The van der Waals surface area contributed by atoms with Gasteiger partial charge in [0, 0.05) is 20.8 Å². The van der Waals surface area contributed by atoms with Gasteiger partial charge in [0.1, 0.15) is 0 Å². The van der Waals surface area contributed by atoms with E-state index in [1.54, 1.807) is 14.2 Å². The molecule has 0 aromatic carbocycles. The number of ether oxygens (including phenoxy) is 2. The van der Waals surface area contributed by atoms with Crippen LogP contribution < -0.4 is 10.6 Å². The summed E-state index contributed by atoms with van der Waals surface area (Å²) in [6.45, 7) is 3.92. The van der Waals surface area contributed by atoms with Gasteiger partial charge in [-0.3, -0.25) is 0 Å². The standard InChI is InChI=1S/C9H19N5O2/c1-7(6-16-3)14(4-5-15-2)9-11-8(10)12-13-9/h7H,4-6H2,1-3H3,(H3,10,11,12,13). The molecule has 1 rings (SSSR count). The average Bonchev–Trinajstić information content (AvgIpc) is 2.66. The fourth-order valence-electron chi connectivity index (χ4n) is 1.43. The Bertz CT molecular complexity index is 304. The van der Waals surface area contributed by atoms with E-state index in [1.807, 2.05) is 11.8 Å². The van der Waals surface area contributed by atoms with Gasteiger partial charge in [-0.2, -0.15) is 4.98 Å². The molecule has 7 nitrogen and oxygen atoms in total. The maximum absolute atomic E-state index is 5.50. The number of rotatable bonds is 7. The molecule has 1 unspecified atom stereocenters. The molecule has 0 saturated carbocycles. The van der Waals surface area contributed by atoms with Crippen molar-refractivity contribution in [2.45, 2.75) is 13.0 Å². The lowest BCUT2D eigenvalue weighted by Gasteiger charge is -2.27. The summed E-state index contributed by atoms with van der Waals surface area (Å²) in [5.74, 6) is 0.876. The Morgan fingerprint density at radius 1 is 1.44 bits per heavy atom. The second-order valence-electron chi connectivity index (χ2n) is 3.51. The number of aromatic nitrogens is 3. The largest absolute Gasteiger partial charge is 0.383 e. The van der Waals surface area contributed by atoms with Gasteiger partial charge < -0.3 is 20.1 Å². The maximum atomic E-state index is 5.50. The highest BCUT2D eigenvalue weighted by molar-refractivity contribution is 5.35. The minimum Gasteiger partial charge on any atom is -0.383 e. The number of hydrogen-bond donors (Lipinski definition) is 2. The third-order valence-corrected chi connectivity index (χ3v) is 2.22. The van der Waals surface area contributed by atoms with Gasteiger partial charge >= 0.3 is 0 Å². The molecule has 0 bridgehead atoms. The molecule has 3 N–H and O–H groups in total. The smallest absolute Gasteiger partial charge is 0.246 e. The molecule has 7 heteroatoms. The highest BCUT2D eigenvalue weighted by Crippen LogP contribution is 2.11. The van der Waals surface area contributed by atoms with E-state index in [9.17, 15) is 0 Å². The van der Waals surface area contributed by atoms with Crippen LogP contribution in [0, 0.1) is 0 Å². The van der Waals surface area contributed by atoms with Gasteiger partial charge in [-0.25, -0.2) is 5.10 Å². The third-order valence-electron chi connectivity index (χ3n) is 2.22. The summed E-state index contributed by atoms with van der Waals surface area (Å²) in [5.41, 5.74) is 5.50. The lowest BCUT2D eigenvalue weighted by atomic mass is 10.3. The van der Waals surface area contributed by atoms with E-state index in [0.29, 0.717) is 31.7 Å². The van der Waals surface area contributed by atoms with Crippen LogP contribution in [0.1, 0.15) is 6.92 Å². The Kier molecular flexibility index (Phi) is 5.00. The Morgan fingerprint density at radius 3 is 2.69 bits per heavy atom. The normalized spacial score (nSPS) is 12.7. The number of nitrogens with zero attached hydrogens (tertiary/aromatic N) is 3.